The van der Waals surface area contributed by atoms with Crippen LogP contribution in [0.2, 0.25) is 0 Å². The van der Waals surface area contributed by atoms with E-state index < -0.39 is 24.5 Å². The fourth-order valence-electron chi connectivity index (χ4n) is 1.50. The Bertz CT molecular complexity index is 515. The number of amides is 3. The smallest absolute Gasteiger partial charge is 0.341 e. The second-order valence-electron chi connectivity index (χ2n) is 4.12. The number of likely N-dealkylation sites (N-methyl/N-ethyl adjacent to an activating group) is 1. The summed E-state index contributed by atoms with van der Waals surface area (Å²) in [6, 6.07) is 5.74. The normalized spacial score (nSPS) is 9.76. The number of carboxylic acids is 1. The van der Waals surface area contributed by atoms with Crippen LogP contribution in [0.1, 0.15) is 6.92 Å². The molecular weight excluding hydrogens is 278 g/mol. The van der Waals surface area contributed by atoms with Gasteiger partial charge >= 0.3 is 12.0 Å². The molecular formula is C13H17N3O5. The van der Waals surface area contributed by atoms with Crippen LogP contribution >= 0.6 is 0 Å². The molecule has 0 bridgehead atoms. The summed E-state index contributed by atoms with van der Waals surface area (Å²) < 4.78 is 4.96. The number of urea groups is 1. The fraction of sp³-hybridized carbons (Fsp3) is 0.308. The molecule has 8 nitrogen and oxygen atoms in total. The van der Waals surface area contributed by atoms with E-state index in [0.717, 1.165) is 0 Å². The Balaban J connectivity index is 2.59. The van der Waals surface area contributed by atoms with E-state index in [2.05, 4.69) is 5.32 Å². The molecule has 1 aromatic carbocycles. The molecule has 21 heavy (non-hydrogen) atoms. The number of nitrogens with one attached hydrogen (secondary N) is 1. The van der Waals surface area contributed by atoms with Gasteiger partial charge in [-0.05, 0) is 31.2 Å². The molecule has 1 aromatic rings. The van der Waals surface area contributed by atoms with Gasteiger partial charge in [-0.2, -0.15) is 0 Å². The van der Waals surface area contributed by atoms with Gasteiger partial charge in [0, 0.05) is 12.2 Å². The maximum absolute atomic E-state index is 11.9. The van der Waals surface area contributed by atoms with E-state index >= 15 is 0 Å². The number of anilines is 1. The van der Waals surface area contributed by atoms with Crippen molar-refractivity contribution in [2.45, 2.75) is 6.92 Å². The van der Waals surface area contributed by atoms with Crippen LogP contribution in [0.15, 0.2) is 24.3 Å². The van der Waals surface area contributed by atoms with E-state index in [1.165, 1.54) is 17.0 Å². The Morgan fingerprint density at radius 2 is 1.90 bits per heavy atom. The molecule has 0 aliphatic carbocycles. The summed E-state index contributed by atoms with van der Waals surface area (Å²) in [5.41, 5.74) is 5.54. The van der Waals surface area contributed by atoms with Crippen LogP contribution in [0.25, 0.3) is 0 Å². The summed E-state index contributed by atoms with van der Waals surface area (Å²) in [5.74, 6) is -1.29. The molecule has 0 spiro atoms. The number of aliphatic carboxylic acids is 1. The minimum atomic E-state index is -1.07. The van der Waals surface area contributed by atoms with E-state index in [-0.39, 0.29) is 6.54 Å². The van der Waals surface area contributed by atoms with Gasteiger partial charge in [0.05, 0.1) is 0 Å². The lowest BCUT2D eigenvalue weighted by Gasteiger charge is -2.19. The minimum Gasteiger partial charge on any atom is -0.482 e. The molecule has 1 rings (SSSR count). The molecule has 0 heterocycles. The van der Waals surface area contributed by atoms with Crippen molar-refractivity contribution >= 4 is 23.6 Å². The Hall–Kier alpha value is -2.77. The Morgan fingerprint density at radius 1 is 1.29 bits per heavy atom. The molecule has 8 heteroatoms. The SMILES string of the molecule is CCN(CC(N)=O)C(=O)Nc1ccc(OCC(=O)O)cc1. The summed E-state index contributed by atoms with van der Waals surface area (Å²) >= 11 is 0. The number of carbonyl (C=O) groups excluding carboxylic acids is 2. The first-order chi connectivity index (χ1) is 9.92. The first kappa shape index (κ1) is 16.3. The number of benzene rings is 1. The van der Waals surface area contributed by atoms with Crippen molar-refractivity contribution in [2.75, 3.05) is 25.0 Å². The fourth-order valence-corrected chi connectivity index (χ4v) is 1.50. The van der Waals surface area contributed by atoms with Gasteiger partial charge in [-0.15, -0.1) is 0 Å². The number of hydrogen-bond donors (Lipinski definition) is 3. The number of nitrogens with zero attached hydrogens (tertiary/aromatic N) is 1. The molecule has 0 saturated carbocycles. The van der Waals surface area contributed by atoms with Crippen molar-refractivity contribution in [1.29, 1.82) is 0 Å². The van der Waals surface area contributed by atoms with E-state index in [1.54, 1.807) is 19.1 Å². The molecule has 0 radical (unpaired) electrons. The first-order valence-electron chi connectivity index (χ1n) is 6.21. The summed E-state index contributed by atoms with van der Waals surface area (Å²) in [6.45, 7) is 1.47. The highest BCUT2D eigenvalue weighted by atomic mass is 16.5. The maximum Gasteiger partial charge on any atom is 0.341 e. The van der Waals surface area contributed by atoms with Crippen LogP contribution in [-0.4, -0.2) is 47.6 Å². The van der Waals surface area contributed by atoms with Crippen LogP contribution in [0, 0.1) is 0 Å². The van der Waals surface area contributed by atoms with Gasteiger partial charge in [0.1, 0.15) is 12.3 Å². The van der Waals surface area contributed by atoms with Crippen molar-refractivity contribution < 1.29 is 24.2 Å². The Labute approximate surface area is 121 Å². The molecule has 0 aliphatic rings. The third-order valence-electron chi connectivity index (χ3n) is 2.48. The van der Waals surface area contributed by atoms with Crippen molar-refractivity contribution in [3.05, 3.63) is 24.3 Å². The Kier molecular flexibility index (Phi) is 5.99. The predicted molar refractivity (Wildman–Crippen MR) is 75.0 cm³/mol. The zero-order valence-corrected chi connectivity index (χ0v) is 11.5. The third kappa shape index (κ3) is 5.81. The molecule has 114 valence electrons. The quantitative estimate of drug-likeness (QED) is 0.675. The van der Waals surface area contributed by atoms with Crippen molar-refractivity contribution in [2.24, 2.45) is 5.73 Å². The maximum atomic E-state index is 11.9. The lowest BCUT2D eigenvalue weighted by Crippen LogP contribution is -2.40. The van der Waals surface area contributed by atoms with Crippen molar-refractivity contribution in [1.82, 2.24) is 4.90 Å². The number of rotatable bonds is 7. The number of primary amides is 1. The monoisotopic (exact) mass is 295 g/mol. The summed E-state index contributed by atoms with van der Waals surface area (Å²) in [6.07, 6.45) is 0. The van der Waals surface area contributed by atoms with Crippen LogP contribution < -0.4 is 15.8 Å². The second kappa shape index (κ2) is 7.73. The first-order valence-corrected chi connectivity index (χ1v) is 6.21. The zero-order chi connectivity index (χ0) is 15.8. The van der Waals surface area contributed by atoms with Crippen molar-refractivity contribution in [3.63, 3.8) is 0 Å². The topological polar surface area (TPSA) is 122 Å². The molecule has 0 aliphatic heterocycles. The standard InChI is InChI=1S/C13H17N3O5/c1-2-16(7-11(14)17)13(20)15-9-3-5-10(6-4-9)21-8-12(18)19/h3-6H,2,7-8H2,1H3,(H2,14,17)(H,15,20)(H,18,19). The second-order valence-corrected chi connectivity index (χ2v) is 4.12. The number of nitrogens with two attached hydrogens (primary N) is 1. The van der Waals surface area contributed by atoms with Gasteiger partial charge < -0.3 is 25.8 Å². The highest BCUT2D eigenvalue weighted by Gasteiger charge is 2.13. The number of carbonyl (C=O) groups is 3. The average molecular weight is 295 g/mol. The summed E-state index contributed by atoms with van der Waals surface area (Å²) in [4.78, 5) is 34.3. The highest BCUT2D eigenvalue weighted by molar-refractivity contribution is 5.92. The van der Waals surface area contributed by atoms with Crippen LogP contribution in [-0.2, 0) is 9.59 Å². The van der Waals surface area contributed by atoms with E-state index in [4.69, 9.17) is 15.6 Å². The number of ether oxygens (including phenoxy) is 1. The molecule has 0 atom stereocenters. The largest absolute Gasteiger partial charge is 0.482 e. The van der Waals surface area contributed by atoms with Crippen molar-refractivity contribution in [3.8, 4) is 5.75 Å². The van der Waals surface area contributed by atoms with Gasteiger partial charge in [0.25, 0.3) is 0 Å². The van der Waals surface area contributed by atoms with Crippen LogP contribution in [0.3, 0.4) is 0 Å². The summed E-state index contributed by atoms with van der Waals surface area (Å²) in [5, 5.41) is 11.1. The third-order valence-corrected chi connectivity index (χ3v) is 2.48. The van der Waals surface area contributed by atoms with Gasteiger partial charge in [0.15, 0.2) is 6.61 Å². The zero-order valence-electron chi connectivity index (χ0n) is 11.5. The molecule has 0 unspecified atom stereocenters. The molecule has 4 N–H and O–H groups in total. The number of carboxylic acid groups (broad SMARTS) is 1. The molecule has 0 aromatic heterocycles. The number of hydrogen-bond acceptors (Lipinski definition) is 4. The van der Waals surface area contributed by atoms with E-state index in [9.17, 15) is 14.4 Å². The highest BCUT2D eigenvalue weighted by Crippen LogP contribution is 2.16. The minimum absolute atomic E-state index is 0.165. The predicted octanol–water partition coefficient (Wildman–Crippen LogP) is 0.489. The molecule has 0 saturated heterocycles. The van der Waals surface area contributed by atoms with Crippen LogP contribution in [0.5, 0.6) is 5.75 Å². The lowest BCUT2D eigenvalue weighted by molar-refractivity contribution is -0.139. The van der Waals surface area contributed by atoms with Gasteiger partial charge in [-0.3, -0.25) is 4.79 Å². The molecule has 3 amide bonds. The van der Waals surface area contributed by atoms with E-state index in [1.807, 2.05) is 0 Å². The average Bonchev–Trinajstić information content (AvgIpc) is 2.43. The summed E-state index contributed by atoms with van der Waals surface area (Å²) in [7, 11) is 0. The van der Waals surface area contributed by atoms with Gasteiger partial charge in [-0.25, -0.2) is 9.59 Å². The molecule has 0 fully saturated rings. The van der Waals surface area contributed by atoms with E-state index in [0.29, 0.717) is 18.0 Å². The lowest BCUT2D eigenvalue weighted by atomic mass is 10.3. The van der Waals surface area contributed by atoms with Gasteiger partial charge in [-0.1, -0.05) is 0 Å². The van der Waals surface area contributed by atoms with Gasteiger partial charge in [0.2, 0.25) is 5.91 Å². The Morgan fingerprint density at radius 3 is 2.38 bits per heavy atom. The van der Waals surface area contributed by atoms with Crippen LogP contribution in [0.4, 0.5) is 10.5 Å².